The monoisotopic (exact) mass is 951 g/mol. The minimum absolute atomic E-state index is 0.00388. The predicted molar refractivity (Wildman–Crippen MR) is 286 cm³/mol. The second kappa shape index (κ2) is 21.0. The van der Waals surface area contributed by atoms with Crippen molar-refractivity contribution in [3.63, 3.8) is 0 Å². The van der Waals surface area contributed by atoms with Crippen molar-refractivity contribution in [2.24, 2.45) is 11.8 Å². The Morgan fingerprint density at radius 1 is 0.620 bits per heavy atom. The van der Waals surface area contributed by atoms with Gasteiger partial charge < -0.3 is 20.4 Å². The summed E-state index contributed by atoms with van der Waals surface area (Å²) in [4.78, 5) is 37.0. The molecule has 4 aromatic carbocycles. The van der Waals surface area contributed by atoms with Crippen LogP contribution < -0.4 is 10.2 Å². The molecule has 71 heavy (non-hydrogen) atoms. The molecular formula is C63H74N4O4. The molecule has 10 rings (SSSR count). The molecule has 2 aromatic heterocycles. The van der Waals surface area contributed by atoms with E-state index in [0.29, 0.717) is 17.4 Å². The number of nitrogens with zero attached hydrogens (tertiary/aromatic N) is 3. The van der Waals surface area contributed by atoms with Gasteiger partial charge >= 0.3 is 0 Å². The molecule has 6 aromatic rings. The lowest BCUT2D eigenvalue weighted by molar-refractivity contribution is -0.0500. The molecule has 0 radical (unpaired) electrons. The van der Waals surface area contributed by atoms with Crippen LogP contribution in [0.1, 0.15) is 156 Å². The second-order valence-electron chi connectivity index (χ2n) is 21.7. The highest BCUT2D eigenvalue weighted by molar-refractivity contribution is 6.06. The number of pyridine rings is 2. The van der Waals surface area contributed by atoms with E-state index in [9.17, 15) is 19.8 Å². The van der Waals surface area contributed by atoms with Crippen LogP contribution in [0.3, 0.4) is 0 Å². The number of hydrogen-bond donors (Lipinski definition) is 3. The first-order valence-corrected chi connectivity index (χ1v) is 26.5. The normalized spacial score (nSPS) is 25.6. The number of carbonyl (C=O) groups excluding carboxylic acids is 2. The standard InChI is InChI=1S/C32H38N2O2.C31H36N2O2/c1-4-31(36)17-18-32(21-24-10-6-5-7-11-24)27(22-31)13-8-12-25-20-26(15-16-28(25)32)30(35)34(3)29-14-9-19-33-23(29)2;1-3-30(35)16-17-31(20-23-9-5-4-6-10-23)26(21-30)12-7-11-24-19-25(14-15-27(24)31)29(34)33-28-13-8-18-32-22(28)2/h5-7,9-11,14-16,19-20,27,36H,4,8,12-13,17-18,21-22H2,1-3H3;4-6,8-10,13-15,18-19,26,35H,3,7,11-12,16-17,20-21H2,1-2H3,(H,33,34)/t27-,31+,32-;26-,30+,31-/m00/s1. The highest BCUT2D eigenvalue weighted by Crippen LogP contribution is 2.56. The first-order valence-electron chi connectivity index (χ1n) is 26.5. The van der Waals surface area contributed by atoms with Crippen molar-refractivity contribution in [2.45, 2.75) is 152 Å². The molecule has 4 aliphatic carbocycles. The molecule has 2 fully saturated rings. The van der Waals surface area contributed by atoms with Crippen LogP contribution in [-0.2, 0) is 36.5 Å². The lowest BCUT2D eigenvalue weighted by atomic mass is 9.55. The molecule has 0 saturated heterocycles. The molecule has 3 N–H and O–H groups in total. The molecule has 8 heteroatoms. The number of nitrogens with one attached hydrogen (secondary N) is 1. The number of aliphatic hydroxyl groups is 2. The number of amides is 2. The number of anilines is 2. The quantitative estimate of drug-likeness (QED) is 0.126. The Morgan fingerprint density at radius 3 is 1.62 bits per heavy atom. The molecular weight excluding hydrogens is 877 g/mol. The number of carbonyl (C=O) groups is 2. The number of hydrogen-bond acceptors (Lipinski definition) is 6. The van der Waals surface area contributed by atoms with E-state index in [1.165, 1.54) is 33.4 Å². The molecule has 4 aliphatic rings. The van der Waals surface area contributed by atoms with Gasteiger partial charge in [0.2, 0.25) is 0 Å². The molecule has 370 valence electrons. The van der Waals surface area contributed by atoms with Crippen LogP contribution in [0.25, 0.3) is 0 Å². The predicted octanol–water partition coefficient (Wildman–Crippen LogP) is 12.8. The fraction of sp³-hybridized carbons (Fsp3) is 0.429. The number of fused-ring (bicyclic) bond motifs is 6. The topological polar surface area (TPSA) is 116 Å². The lowest BCUT2D eigenvalue weighted by Gasteiger charge is -2.50. The van der Waals surface area contributed by atoms with Crippen LogP contribution in [0.2, 0.25) is 0 Å². The first-order chi connectivity index (χ1) is 34.3. The van der Waals surface area contributed by atoms with Gasteiger partial charge in [0, 0.05) is 41.4 Å². The first kappa shape index (κ1) is 50.0. The van der Waals surface area contributed by atoms with Crippen molar-refractivity contribution < 1.29 is 19.8 Å². The maximum atomic E-state index is 13.5. The van der Waals surface area contributed by atoms with Crippen LogP contribution in [0.5, 0.6) is 0 Å². The maximum absolute atomic E-state index is 13.5. The molecule has 2 amide bonds. The van der Waals surface area contributed by atoms with Crippen molar-refractivity contribution in [2.75, 3.05) is 17.3 Å². The van der Waals surface area contributed by atoms with Gasteiger partial charge in [0.05, 0.1) is 34.0 Å². The minimum Gasteiger partial charge on any atom is -0.390 e. The zero-order chi connectivity index (χ0) is 49.8. The third-order valence-corrected chi connectivity index (χ3v) is 17.6. The van der Waals surface area contributed by atoms with Gasteiger partial charge in [0.1, 0.15) is 0 Å². The molecule has 0 unspecified atom stereocenters. The number of aromatic nitrogens is 2. The van der Waals surface area contributed by atoms with Crippen molar-refractivity contribution in [1.29, 1.82) is 0 Å². The van der Waals surface area contributed by atoms with Crippen LogP contribution >= 0.6 is 0 Å². The number of benzene rings is 4. The SMILES string of the molecule is CC[C@@]1(O)CC[C@@]2(Cc3ccccc3)c3ccc(C(=O)N(C)c4cccnc4C)cc3CCC[C@H]2C1.CC[C@@]1(O)CC[C@@]2(Cc3ccccc3)c3ccc(C(=O)Nc4cccnc4C)cc3CCC[C@H]2C1. The zero-order valence-corrected chi connectivity index (χ0v) is 42.7. The van der Waals surface area contributed by atoms with Crippen LogP contribution in [-0.4, -0.2) is 50.2 Å². The average molecular weight is 951 g/mol. The van der Waals surface area contributed by atoms with Gasteiger partial charge in [-0.2, -0.15) is 0 Å². The minimum atomic E-state index is -0.560. The maximum Gasteiger partial charge on any atom is 0.258 e. The summed E-state index contributed by atoms with van der Waals surface area (Å²) in [6.07, 6.45) is 18.7. The van der Waals surface area contributed by atoms with Gasteiger partial charge in [0.15, 0.2) is 0 Å². The summed E-state index contributed by atoms with van der Waals surface area (Å²) in [6, 6.07) is 41.9. The van der Waals surface area contributed by atoms with E-state index < -0.39 is 11.2 Å². The molecule has 2 heterocycles. The Labute approximate surface area is 422 Å². The van der Waals surface area contributed by atoms with Crippen molar-refractivity contribution in [3.8, 4) is 0 Å². The fourth-order valence-corrected chi connectivity index (χ4v) is 13.4. The highest BCUT2D eigenvalue weighted by Gasteiger charge is 2.51. The van der Waals surface area contributed by atoms with Gasteiger partial charge in [0.25, 0.3) is 11.8 Å². The average Bonchev–Trinajstić information content (AvgIpc) is 3.64. The van der Waals surface area contributed by atoms with Crippen LogP contribution in [0, 0.1) is 25.7 Å². The summed E-state index contributed by atoms with van der Waals surface area (Å²) in [5.74, 6) is 0.766. The molecule has 8 nitrogen and oxygen atoms in total. The Bertz CT molecular complexity index is 2830. The van der Waals surface area contributed by atoms with Crippen molar-refractivity contribution >= 4 is 23.2 Å². The largest absolute Gasteiger partial charge is 0.390 e. The van der Waals surface area contributed by atoms with Gasteiger partial charge in [-0.25, -0.2) is 0 Å². The Balaban J connectivity index is 0.000000176. The third-order valence-electron chi connectivity index (χ3n) is 17.6. The van der Waals surface area contributed by atoms with Crippen LogP contribution in [0.4, 0.5) is 11.4 Å². The Hall–Kier alpha value is -5.96. The fourth-order valence-electron chi connectivity index (χ4n) is 13.4. The summed E-state index contributed by atoms with van der Waals surface area (Å²) in [7, 11) is 1.83. The molecule has 6 atom stereocenters. The Morgan fingerprint density at radius 2 is 1.11 bits per heavy atom. The zero-order valence-electron chi connectivity index (χ0n) is 42.7. The molecule has 0 spiro atoms. The summed E-state index contributed by atoms with van der Waals surface area (Å²) < 4.78 is 0. The third kappa shape index (κ3) is 10.4. The Kier molecular flexibility index (Phi) is 14.8. The molecule has 0 bridgehead atoms. The van der Waals surface area contributed by atoms with Gasteiger partial charge in [-0.3, -0.25) is 19.6 Å². The molecule has 2 saturated carbocycles. The van der Waals surface area contributed by atoms with E-state index in [2.05, 4.69) is 114 Å². The van der Waals surface area contributed by atoms with E-state index >= 15 is 0 Å². The molecule has 0 aliphatic heterocycles. The van der Waals surface area contributed by atoms with Crippen LogP contribution in [0.15, 0.2) is 134 Å². The van der Waals surface area contributed by atoms with Crippen molar-refractivity contribution in [3.05, 3.63) is 190 Å². The van der Waals surface area contributed by atoms with E-state index in [-0.39, 0.29) is 22.6 Å². The van der Waals surface area contributed by atoms with Gasteiger partial charge in [-0.15, -0.1) is 0 Å². The summed E-state index contributed by atoms with van der Waals surface area (Å²) in [5, 5.41) is 25.6. The summed E-state index contributed by atoms with van der Waals surface area (Å²) in [6.45, 7) is 8.07. The van der Waals surface area contributed by atoms with Gasteiger partial charge in [-0.05, 0) is 210 Å². The van der Waals surface area contributed by atoms with E-state index in [1.807, 2.05) is 57.3 Å². The van der Waals surface area contributed by atoms with E-state index in [0.717, 1.165) is 131 Å². The lowest BCUT2D eigenvalue weighted by Crippen LogP contribution is -2.48. The van der Waals surface area contributed by atoms with E-state index in [4.69, 9.17) is 0 Å². The smallest absolute Gasteiger partial charge is 0.258 e. The number of aryl methyl sites for hydroxylation is 4. The van der Waals surface area contributed by atoms with E-state index in [1.54, 1.807) is 17.3 Å². The van der Waals surface area contributed by atoms with Crippen molar-refractivity contribution in [1.82, 2.24) is 9.97 Å². The highest BCUT2D eigenvalue weighted by atomic mass is 16.3. The summed E-state index contributed by atoms with van der Waals surface area (Å²) >= 11 is 0. The number of rotatable bonds is 10. The second-order valence-corrected chi connectivity index (χ2v) is 21.7. The van der Waals surface area contributed by atoms with Gasteiger partial charge in [-0.1, -0.05) is 86.6 Å². The summed E-state index contributed by atoms with van der Waals surface area (Å²) in [5.41, 5.74) is 11.6.